The minimum absolute atomic E-state index is 0.0331. The Bertz CT molecular complexity index is 432. The molecule has 0 amide bonds. The highest BCUT2D eigenvalue weighted by molar-refractivity contribution is 7.80. The second-order valence-corrected chi connectivity index (χ2v) is 4.35. The van der Waals surface area contributed by atoms with E-state index in [1.165, 1.54) is 0 Å². The van der Waals surface area contributed by atoms with Gasteiger partial charge in [-0.3, -0.25) is 0 Å². The Morgan fingerprint density at radius 1 is 1.39 bits per heavy atom. The number of nitrogens with two attached hydrogens (primary N) is 1. The summed E-state index contributed by atoms with van der Waals surface area (Å²) < 4.78 is 40.9. The van der Waals surface area contributed by atoms with E-state index in [1.54, 1.807) is 18.2 Å². The van der Waals surface area contributed by atoms with Crippen LogP contribution in [0.2, 0.25) is 0 Å². The smallest absolute Gasteiger partial charge is 0.389 e. The number of alkyl halides is 3. The largest absolute Gasteiger partial charge is 0.494 e. The highest BCUT2D eigenvalue weighted by Crippen LogP contribution is 2.22. The molecule has 0 atom stereocenters. The van der Waals surface area contributed by atoms with Gasteiger partial charge >= 0.3 is 6.18 Å². The van der Waals surface area contributed by atoms with E-state index in [4.69, 9.17) is 22.7 Å². The quantitative estimate of drug-likeness (QED) is 0.662. The summed E-state index contributed by atoms with van der Waals surface area (Å²) in [7, 11) is 0. The van der Waals surface area contributed by atoms with Gasteiger partial charge in [-0.15, -0.1) is 0 Å². The lowest BCUT2D eigenvalue weighted by Crippen LogP contribution is -2.12. The molecule has 1 aromatic carbocycles. The molecule has 0 aliphatic heterocycles. The van der Waals surface area contributed by atoms with Gasteiger partial charge < -0.3 is 10.5 Å². The monoisotopic (exact) mass is 277 g/mol. The van der Waals surface area contributed by atoms with Gasteiger partial charge in [-0.05, 0) is 37.1 Å². The Labute approximate surface area is 109 Å². The average Bonchev–Trinajstić information content (AvgIpc) is 2.22. The Kier molecular flexibility index (Phi) is 4.95. The number of halogens is 3. The third-order valence-electron chi connectivity index (χ3n) is 2.34. The molecule has 0 saturated heterocycles. The van der Waals surface area contributed by atoms with E-state index in [-0.39, 0.29) is 18.0 Å². The molecule has 6 heteroatoms. The van der Waals surface area contributed by atoms with Crippen molar-refractivity contribution in [3.05, 3.63) is 29.3 Å². The maximum Gasteiger partial charge on any atom is 0.389 e. The fourth-order valence-electron chi connectivity index (χ4n) is 1.47. The molecule has 0 spiro atoms. The highest BCUT2D eigenvalue weighted by atomic mass is 32.1. The van der Waals surface area contributed by atoms with Crippen LogP contribution < -0.4 is 10.5 Å². The fourth-order valence-corrected chi connectivity index (χ4v) is 1.69. The number of hydrogen-bond acceptors (Lipinski definition) is 2. The predicted octanol–water partition coefficient (Wildman–Crippen LogP) is 3.35. The molecule has 0 fully saturated rings. The number of benzene rings is 1. The van der Waals surface area contributed by atoms with Crippen molar-refractivity contribution in [3.8, 4) is 5.75 Å². The van der Waals surface area contributed by atoms with E-state index >= 15 is 0 Å². The standard InChI is InChI=1S/C12H14F3NOS/c1-8-7-9(3-4-10(8)11(16)18)17-6-2-5-12(13,14)15/h3-4,7H,2,5-6H2,1H3,(H2,16,18). The second-order valence-electron chi connectivity index (χ2n) is 3.91. The first-order valence-corrected chi connectivity index (χ1v) is 5.80. The highest BCUT2D eigenvalue weighted by Gasteiger charge is 2.26. The van der Waals surface area contributed by atoms with Crippen LogP contribution in [-0.4, -0.2) is 17.8 Å². The lowest BCUT2D eigenvalue weighted by Gasteiger charge is -2.10. The summed E-state index contributed by atoms with van der Waals surface area (Å²) in [5, 5.41) is 0. The Balaban J connectivity index is 2.49. The summed E-state index contributed by atoms with van der Waals surface area (Å²) in [5.74, 6) is 0.523. The Hall–Kier alpha value is -1.30. The van der Waals surface area contributed by atoms with Crippen molar-refractivity contribution in [2.24, 2.45) is 5.73 Å². The molecule has 0 radical (unpaired) electrons. The molecule has 2 N–H and O–H groups in total. The van der Waals surface area contributed by atoms with Gasteiger partial charge in [0.05, 0.1) is 6.61 Å². The molecule has 0 aliphatic rings. The van der Waals surface area contributed by atoms with Gasteiger partial charge in [-0.25, -0.2) is 0 Å². The zero-order valence-corrected chi connectivity index (χ0v) is 10.7. The normalized spacial score (nSPS) is 11.3. The van der Waals surface area contributed by atoms with Crippen LogP contribution in [0, 0.1) is 6.92 Å². The maximum atomic E-state index is 11.9. The molecule has 0 saturated carbocycles. The van der Waals surface area contributed by atoms with Gasteiger partial charge in [0.1, 0.15) is 10.7 Å². The van der Waals surface area contributed by atoms with Crippen LogP contribution in [0.1, 0.15) is 24.0 Å². The Morgan fingerprint density at radius 2 is 2.06 bits per heavy atom. The first-order valence-electron chi connectivity index (χ1n) is 5.39. The SMILES string of the molecule is Cc1cc(OCCCC(F)(F)F)ccc1C(N)=S. The van der Waals surface area contributed by atoms with E-state index in [1.807, 2.05) is 6.92 Å². The number of ether oxygens (including phenoxy) is 1. The van der Waals surface area contributed by atoms with E-state index in [9.17, 15) is 13.2 Å². The molecule has 0 unspecified atom stereocenters. The van der Waals surface area contributed by atoms with Gasteiger partial charge in [0.2, 0.25) is 0 Å². The van der Waals surface area contributed by atoms with Crippen molar-refractivity contribution in [1.82, 2.24) is 0 Å². The minimum Gasteiger partial charge on any atom is -0.494 e. The van der Waals surface area contributed by atoms with Crippen LogP contribution in [0.5, 0.6) is 5.75 Å². The fraction of sp³-hybridized carbons (Fsp3) is 0.417. The molecule has 0 aromatic heterocycles. The van der Waals surface area contributed by atoms with Crippen LogP contribution in [0.3, 0.4) is 0 Å². The first kappa shape index (κ1) is 14.8. The zero-order chi connectivity index (χ0) is 13.8. The second kappa shape index (κ2) is 6.04. The lowest BCUT2D eigenvalue weighted by molar-refractivity contribution is -0.136. The van der Waals surface area contributed by atoms with Gasteiger partial charge in [0, 0.05) is 12.0 Å². The molecule has 0 aliphatic carbocycles. The molecule has 2 nitrogen and oxygen atoms in total. The van der Waals surface area contributed by atoms with Crippen LogP contribution in [0.25, 0.3) is 0 Å². The number of rotatable bonds is 5. The molecule has 100 valence electrons. The average molecular weight is 277 g/mol. The minimum atomic E-state index is -4.13. The number of thiocarbonyl (C=S) groups is 1. The van der Waals surface area contributed by atoms with E-state index in [0.29, 0.717) is 5.75 Å². The van der Waals surface area contributed by atoms with Crippen molar-refractivity contribution >= 4 is 17.2 Å². The molecule has 1 aromatic rings. The number of hydrogen-bond donors (Lipinski definition) is 1. The summed E-state index contributed by atoms with van der Waals surface area (Å²) in [5.41, 5.74) is 7.09. The van der Waals surface area contributed by atoms with E-state index in [2.05, 4.69) is 0 Å². The van der Waals surface area contributed by atoms with Crippen molar-refractivity contribution in [3.63, 3.8) is 0 Å². The van der Waals surface area contributed by atoms with Crippen molar-refractivity contribution in [2.75, 3.05) is 6.61 Å². The van der Waals surface area contributed by atoms with Crippen molar-refractivity contribution < 1.29 is 17.9 Å². The van der Waals surface area contributed by atoms with E-state index < -0.39 is 12.6 Å². The summed E-state index contributed by atoms with van der Waals surface area (Å²) >= 11 is 4.85. The van der Waals surface area contributed by atoms with Gasteiger partial charge in [-0.1, -0.05) is 12.2 Å². The van der Waals surface area contributed by atoms with Crippen LogP contribution >= 0.6 is 12.2 Å². The molecule has 1 rings (SSSR count). The molecular formula is C12H14F3NOS. The van der Waals surface area contributed by atoms with Crippen LogP contribution in [0.15, 0.2) is 18.2 Å². The van der Waals surface area contributed by atoms with Gasteiger partial charge in [0.25, 0.3) is 0 Å². The third-order valence-corrected chi connectivity index (χ3v) is 2.56. The Morgan fingerprint density at radius 3 is 2.56 bits per heavy atom. The molecule has 0 bridgehead atoms. The van der Waals surface area contributed by atoms with E-state index in [0.717, 1.165) is 11.1 Å². The molecule has 0 heterocycles. The maximum absolute atomic E-state index is 11.9. The van der Waals surface area contributed by atoms with Crippen LogP contribution in [-0.2, 0) is 0 Å². The van der Waals surface area contributed by atoms with Crippen molar-refractivity contribution in [1.29, 1.82) is 0 Å². The molecule has 18 heavy (non-hydrogen) atoms. The first-order chi connectivity index (χ1) is 8.29. The number of aryl methyl sites for hydroxylation is 1. The predicted molar refractivity (Wildman–Crippen MR) is 67.9 cm³/mol. The van der Waals surface area contributed by atoms with Crippen LogP contribution in [0.4, 0.5) is 13.2 Å². The lowest BCUT2D eigenvalue weighted by atomic mass is 10.1. The van der Waals surface area contributed by atoms with Crippen molar-refractivity contribution in [2.45, 2.75) is 25.9 Å². The van der Waals surface area contributed by atoms with Gasteiger partial charge in [0.15, 0.2) is 0 Å². The molecular weight excluding hydrogens is 263 g/mol. The third kappa shape index (κ3) is 4.91. The topological polar surface area (TPSA) is 35.2 Å². The summed E-state index contributed by atoms with van der Waals surface area (Å²) in [6.45, 7) is 1.85. The van der Waals surface area contributed by atoms with Gasteiger partial charge in [-0.2, -0.15) is 13.2 Å². The summed E-state index contributed by atoms with van der Waals surface area (Å²) in [6.07, 6.45) is -5.02. The summed E-state index contributed by atoms with van der Waals surface area (Å²) in [4.78, 5) is 0.288. The zero-order valence-electron chi connectivity index (χ0n) is 9.88. The summed E-state index contributed by atoms with van der Waals surface area (Å²) in [6, 6.07) is 5.06.